The Morgan fingerprint density at radius 1 is 1.08 bits per heavy atom. The van der Waals surface area contributed by atoms with Crippen LogP contribution in [0.15, 0.2) is 42.5 Å². The van der Waals surface area contributed by atoms with Crippen LogP contribution in [0.3, 0.4) is 0 Å². The first-order valence-electron chi connectivity index (χ1n) is 7.55. The molecule has 0 aliphatic rings. The van der Waals surface area contributed by atoms with Crippen molar-refractivity contribution in [2.75, 3.05) is 22.9 Å². The number of halogens is 1. The minimum absolute atomic E-state index is 0.0979. The minimum Gasteiger partial charge on any atom is -0.462 e. The molecule has 2 N–H and O–H groups in total. The zero-order chi connectivity index (χ0) is 19.3. The standard InChI is InChI=1S/C17H17ClN2O5S/c1-3-25-17(22)11-4-7-13(8-5-11)19-16(21)12-6-9-15(14(18)10-12)20-26(2,23)24/h4-10,20H,3H2,1-2H3,(H,19,21). The number of hydrogen-bond donors (Lipinski definition) is 2. The Bertz CT molecular complexity index is 927. The van der Waals surface area contributed by atoms with E-state index in [0.29, 0.717) is 11.3 Å². The van der Waals surface area contributed by atoms with E-state index < -0.39 is 21.9 Å². The summed E-state index contributed by atoms with van der Waals surface area (Å²) >= 11 is 6.01. The molecule has 0 aromatic heterocycles. The molecule has 2 aromatic carbocycles. The van der Waals surface area contributed by atoms with Crippen molar-refractivity contribution in [3.05, 3.63) is 58.6 Å². The fourth-order valence-electron chi connectivity index (χ4n) is 2.05. The average molecular weight is 397 g/mol. The van der Waals surface area contributed by atoms with E-state index in [4.69, 9.17) is 16.3 Å². The van der Waals surface area contributed by atoms with Gasteiger partial charge in [0.25, 0.3) is 5.91 Å². The van der Waals surface area contributed by atoms with Crippen LogP contribution >= 0.6 is 11.6 Å². The van der Waals surface area contributed by atoms with Crippen LogP contribution in [0.5, 0.6) is 0 Å². The lowest BCUT2D eigenvalue weighted by Gasteiger charge is -2.09. The van der Waals surface area contributed by atoms with Gasteiger partial charge in [0.15, 0.2) is 0 Å². The van der Waals surface area contributed by atoms with Crippen LogP contribution in [0.25, 0.3) is 0 Å². The van der Waals surface area contributed by atoms with Gasteiger partial charge in [-0.3, -0.25) is 9.52 Å². The van der Waals surface area contributed by atoms with Crippen LogP contribution in [0, 0.1) is 0 Å². The van der Waals surface area contributed by atoms with E-state index in [1.165, 1.54) is 18.2 Å². The highest BCUT2D eigenvalue weighted by Crippen LogP contribution is 2.24. The second kappa shape index (κ2) is 8.20. The van der Waals surface area contributed by atoms with Crippen molar-refractivity contribution in [2.24, 2.45) is 0 Å². The highest BCUT2D eigenvalue weighted by molar-refractivity contribution is 7.92. The van der Waals surface area contributed by atoms with Gasteiger partial charge in [-0.05, 0) is 49.4 Å². The Labute approximate surface area is 156 Å². The number of esters is 1. The quantitative estimate of drug-likeness (QED) is 0.730. The van der Waals surface area contributed by atoms with E-state index in [-0.39, 0.29) is 22.9 Å². The highest BCUT2D eigenvalue weighted by Gasteiger charge is 2.12. The summed E-state index contributed by atoms with van der Waals surface area (Å²) in [5.74, 6) is -0.868. The number of anilines is 2. The van der Waals surface area contributed by atoms with Crippen molar-refractivity contribution in [1.29, 1.82) is 0 Å². The normalized spacial score (nSPS) is 10.9. The molecular weight excluding hydrogens is 380 g/mol. The number of hydrogen-bond acceptors (Lipinski definition) is 5. The van der Waals surface area contributed by atoms with Gasteiger partial charge in [0.05, 0.1) is 29.1 Å². The Morgan fingerprint density at radius 2 is 1.69 bits per heavy atom. The van der Waals surface area contributed by atoms with E-state index in [0.717, 1.165) is 6.26 Å². The Morgan fingerprint density at radius 3 is 2.23 bits per heavy atom. The maximum absolute atomic E-state index is 12.3. The molecule has 0 bridgehead atoms. The fraction of sp³-hybridized carbons (Fsp3) is 0.176. The maximum Gasteiger partial charge on any atom is 0.338 e. The third-order valence-electron chi connectivity index (χ3n) is 3.18. The van der Waals surface area contributed by atoms with Gasteiger partial charge < -0.3 is 10.1 Å². The van der Waals surface area contributed by atoms with Crippen LogP contribution in [-0.2, 0) is 14.8 Å². The highest BCUT2D eigenvalue weighted by atomic mass is 35.5. The molecule has 0 aliphatic carbocycles. The maximum atomic E-state index is 12.3. The van der Waals surface area contributed by atoms with Crippen LogP contribution < -0.4 is 10.0 Å². The number of ether oxygens (including phenoxy) is 1. The molecule has 0 atom stereocenters. The van der Waals surface area contributed by atoms with Crippen LogP contribution in [-0.4, -0.2) is 33.2 Å². The Balaban J connectivity index is 2.10. The zero-order valence-electron chi connectivity index (χ0n) is 14.1. The van der Waals surface area contributed by atoms with Gasteiger partial charge in [0.2, 0.25) is 10.0 Å². The molecule has 0 heterocycles. The predicted molar refractivity (Wildman–Crippen MR) is 100 cm³/mol. The summed E-state index contributed by atoms with van der Waals surface area (Å²) in [6.45, 7) is 2.00. The Kier molecular flexibility index (Phi) is 6.23. The number of sulfonamides is 1. The van der Waals surface area contributed by atoms with Gasteiger partial charge in [0.1, 0.15) is 0 Å². The fourth-order valence-corrected chi connectivity index (χ4v) is 2.91. The molecule has 0 aliphatic heterocycles. The topological polar surface area (TPSA) is 102 Å². The van der Waals surface area contributed by atoms with E-state index in [2.05, 4.69) is 10.0 Å². The number of carbonyl (C=O) groups excluding carboxylic acids is 2. The van der Waals surface area contributed by atoms with Gasteiger partial charge in [-0.1, -0.05) is 11.6 Å². The first-order chi connectivity index (χ1) is 12.2. The van der Waals surface area contributed by atoms with E-state index >= 15 is 0 Å². The van der Waals surface area contributed by atoms with Gasteiger partial charge in [-0.25, -0.2) is 13.2 Å². The summed E-state index contributed by atoms with van der Waals surface area (Å²) in [7, 11) is -3.47. The zero-order valence-corrected chi connectivity index (χ0v) is 15.6. The molecule has 7 nitrogen and oxygen atoms in total. The minimum atomic E-state index is -3.47. The molecule has 2 aromatic rings. The van der Waals surface area contributed by atoms with Gasteiger partial charge >= 0.3 is 5.97 Å². The molecule has 1 amide bonds. The van der Waals surface area contributed by atoms with Gasteiger partial charge in [0, 0.05) is 11.3 Å². The molecule has 2 rings (SSSR count). The molecular formula is C17H17ClN2O5S. The van der Waals surface area contributed by atoms with E-state index in [1.54, 1.807) is 31.2 Å². The monoisotopic (exact) mass is 396 g/mol. The molecule has 0 saturated heterocycles. The summed E-state index contributed by atoms with van der Waals surface area (Å²) in [5, 5.41) is 2.76. The Hall–Kier alpha value is -2.58. The summed E-state index contributed by atoms with van der Waals surface area (Å²) in [6, 6.07) is 10.4. The lowest BCUT2D eigenvalue weighted by Crippen LogP contribution is -2.13. The van der Waals surface area contributed by atoms with Crippen molar-refractivity contribution in [2.45, 2.75) is 6.92 Å². The number of carbonyl (C=O) groups is 2. The summed E-state index contributed by atoms with van der Waals surface area (Å²) < 4.78 is 29.6. The van der Waals surface area contributed by atoms with Crippen molar-refractivity contribution in [3.8, 4) is 0 Å². The third-order valence-corrected chi connectivity index (χ3v) is 4.08. The van der Waals surface area contributed by atoms with Crippen molar-refractivity contribution >= 4 is 44.9 Å². The van der Waals surface area contributed by atoms with Crippen molar-refractivity contribution < 1.29 is 22.7 Å². The molecule has 26 heavy (non-hydrogen) atoms. The van der Waals surface area contributed by atoms with E-state index in [1.807, 2.05) is 0 Å². The molecule has 0 fully saturated rings. The molecule has 0 radical (unpaired) electrons. The van der Waals surface area contributed by atoms with Crippen LogP contribution in [0.2, 0.25) is 5.02 Å². The predicted octanol–water partition coefficient (Wildman–Crippen LogP) is 3.14. The largest absolute Gasteiger partial charge is 0.462 e. The average Bonchev–Trinajstić information content (AvgIpc) is 2.56. The number of nitrogens with one attached hydrogen (secondary N) is 2. The lowest BCUT2D eigenvalue weighted by atomic mass is 10.1. The van der Waals surface area contributed by atoms with Crippen LogP contribution in [0.1, 0.15) is 27.6 Å². The lowest BCUT2D eigenvalue weighted by molar-refractivity contribution is 0.0526. The SMILES string of the molecule is CCOC(=O)c1ccc(NC(=O)c2ccc(NS(C)(=O)=O)c(Cl)c2)cc1. The molecule has 138 valence electrons. The van der Waals surface area contributed by atoms with Crippen molar-refractivity contribution in [3.63, 3.8) is 0 Å². The smallest absolute Gasteiger partial charge is 0.338 e. The summed E-state index contributed by atoms with van der Waals surface area (Å²) in [4.78, 5) is 23.9. The van der Waals surface area contributed by atoms with Crippen molar-refractivity contribution in [1.82, 2.24) is 0 Å². The molecule has 0 spiro atoms. The third kappa shape index (κ3) is 5.47. The summed E-state index contributed by atoms with van der Waals surface area (Å²) in [6.07, 6.45) is 1.00. The second-order valence-electron chi connectivity index (χ2n) is 5.32. The first kappa shape index (κ1) is 19.7. The molecule has 9 heteroatoms. The number of amides is 1. The van der Waals surface area contributed by atoms with Crippen LogP contribution in [0.4, 0.5) is 11.4 Å². The second-order valence-corrected chi connectivity index (χ2v) is 7.48. The first-order valence-corrected chi connectivity index (χ1v) is 9.82. The van der Waals surface area contributed by atoms with Gasteiger partial charge in [-0.15, -0.1) is 0 Å². The molecule has 0 unspecified atom stereocenters. The number of benzene rings is 2. The van der Waals surface area contributed by atoms with Gasteiger partial charge in [-0.2, -0.15) is 0 Å². The molecule has 0 saturated carbocycles. The summed E-state index contributed by atoms with van der Waals surface area (Å²) in [5.41, 5.74) is 1.30. The van der Waals surface area contributed by atoms with E-state index in [9.17, 15) is 18.0 Å². The number of rotatable bonds is 6.